The average molecular weight is 660 g/mol. The molecule has 45 heavy (non-hydrogen) atoms. The number of amides is 2. The van der Waals surface area contributed by atoms with Gasteiger partial charge in [0, 0.05) is 17.8 Å². The van der Waals surface area contributed by atoms with E-state index < -0.39 is 67.6 Å². The average Bonchev–Trinajstić information content (AvgIpc) is 3.35. The molecule has 0 spiro atoms. The molecule has 3 atom stereocenters. The monoisotopic (exact) mass is 659 g/mol. The molecule has 10 nitrogen and oxygen atoms in total. The molecule has 0 aliphatic carbocycles. The first-order valence-electron chi connectivity index (χ1n) is 13.9. The number of nitrogens with zero attached hydrogens (tertiary/aromatic N) is 3. The van der Waals surface area contributed by atoms with Gasteiger partial charge in [0.25, 0.3) is 5.91 Å². The van der Waals surface area contributed by atoms with Crippen molar-refractivity contribution >= 4 is 33.3 Å². The molecule has 3 heterocycles. The maximum Gasteiger partial charge on any atom is 0.413 e. The maximum absolute atomic E-state index is 15.6. The number of alkyl halides is 4. The van der Waals surface area contributed by atoms with Gasteiger partial charge in [-0.25, -0.2) is 31.5 Å². The Kier molecular flexibility index (Phi) is 8.96. The zero-order chi connectivity index (χ0) is 33.6. The van der Waals surface area contributed by atoms with E-state index in [4.69, 9.17) is 9.73 Å². The molecule has 0 saturated carbocycles. The van der Waals surface area contributed by atoms with Crippen molar-refractivity contribution in [2.24, 2.45) is 9.36 Å². The summed E-state index contributed by atoms with van der Waals surface area (Å²) in [6.45, 7) is 8.58. The van der Waals surface area contributed by atoms with Gasteiger partial charge in [-0.15, -0.1) is 0 Å². The number of anilines is 1. The van der Waals surface area contributed by atoms with Gasteiger partial charge in [0.15, 0.2) is 6.61 Å². The number of carbonyl (C=O) groups excluding carboxylic acids is 2. The molecule has 246 valence electrons. The SMILES string of the molecule is CC(C)(C)OC(=O)NC1=N[C@](C)(c2cc(NC(=O)c3ccc(OCC(F)(F)C(F)F)cn3)ccc2F)[C@@H]2CCN=S2(=O)C1(C)C. The molecule has 16 heteroatoms. The number of fused-ring (bicyclic) bond motifs is 1. The zero-order valence-electron chi connectivity index (χ0n) is 25.4. The van der Waals surface area contributed by atoms with E-state index in [9.17, 15) is 31.4 Å². The number of alkyl carbamates (subject to hydrolysis) is 1. The summed E-state index contributed by atoms with van der Waals surface area (Å²) in [6, 6.07) is 5.97. The second-order valence-corrected chi connectivity index (χ2v) is 15.3. The van der Waals surface area contributed by atoms with Crippen LogP contribution in [-0.2, 0) is 20.0 Å². The molecule has 2 aliphatic rings. The van der Waals surface area contributed by atoms with Crippen molar-refractivity contribution in [1.29, 1.82) is 0 Å². The first-order chi connectivity index (χ1) is 20.7. The molecule has 0 radical (unpaired) electrons. The summed E-state index contributed by atoms with van der Waals surface area (Å²) >= 11 is 0. The van der Waals surface area contributed by atoms with Gasteiger partial charge in [0.2, 0.25) is 0 Å². The summed E-state index contributed by atoms with van der Waals surface area (Å²) in [7, 11) is -3.13. The molecule has 0 saturated heterocycles. The molecule has 2 N–H and O–H groups in total. The number of hydrogen-bond donors (Lipinski definition) is 2. The minimum absolute atomic E-state index is 0.00854. The summed E-state index contributed by atoms with van der Waals surface area (Å²) < 4.78 is 94.3. The topological polar surface area (TPSA) is 131 Å². The molecule has 2 aromatic rings. The fourth-order valence-electron chi connectivity index (χ4n) is 5.08. The van der Waals surface area contributed by atoms with Gasteiger partial charge in [0.1, 0.15) is 39.0 Å². The molecule has 1 unspecified atom stereocenters. The Hall–Kier alpha value is -3.82. The summed E-state index contributed by atoms with van der Waals surface area (Å²) in [4.78, 5) is 34.2. The molecule has 1 aromatic carbocycles. The Morgan fingerprint density at radius 1 is 1.11 bits per heavy atom. The fraction of sp³-hybridized carbons (Fsp3) is 0.517. The van der Waals surface area contributed by atoms with Gasteiger partial charge >= 0.3 is 18.4 Å². The summed E-state index contributed by atoms with van der Waals surface area (Å²) in [5.41, 5.74) is -2.39. The van der Waals surface area contributed by atoms with Gasteiger partial charge in [-0.1, -0.05) is 0 Å². The van der Waals surface area contributed by atoms with E-state index in [-0.39, 0.29) is 35.1 Å². The summed E-state index contributed by atoms with van der Waals surface area (Å²) in [5, 5.41) is 4.43. The predicted octanol–water partition coefficient (Wildman–Crippen LogP) is 5.92. The zero-order valence-corrected chi connectivity index (χ0v) is 26.2. The van der Waals surface area contributed by atoms with E-state index >= 15 is 4.39 Å². The standard InChI is InChI=1S/C29H34F5N5O5S/c1-26(2,3)44-25(41)38-24-27(4,5)45(42)21(11-12-36-45)28(6,39-24)18-13-16(7-9-19(18)30)37-22(40)20-10-8-17(14-35-20)43-15-29(33,34)23(31)32/h7-10,13-14,21,23H,11-12,15H2,1-6H3,(H,37,40)(H,38,39,41)/t21-,28+,45?/m0/s1. The van der Waals surface area contributed by atoms with Crippen molar-refractivity contribution in [1.82, 2.24) is 10.3 Å². The number of amidine groups is 1. The van der Waals surface area contributed by atoms with Crippen LogP contribution in [0.25, 0.3) is 0 Å². The van der Waals surface area contributed by atoms with E-state index in [1.54, 1.807) is 41.5 Å². The number of rotatable bonds is 7. The van der Waals surface area contributed by atoms with Crippen LogP contribution in [0.2, 0.25) is 0 Å². The minimum Gasteiger partial charge on any atom is -0.485 e. The number of ether oxygens (including phenoxy) is 2. The molecule has 0 fully saturated rings. The Bertz CT molecular complexity index is 1630. The highest BCUT2D eigenvalue weighted by Crippen LogP contribution is 2.48. The van der Waals surface area contributed by atoms with Crippen LogP contribution in [-0.4, -0.2) is 68.1 Å². The van der Waals surface area contributed by atoms with Crippen molar-refractivity contribution in [3.8, 4) is 5.75 Å². The highest BCUT2D eigenvalue weighted by molar-refractivity contribution is 7.96. The van der Waals surface area contributed by atoms with Crippen molar-refractivity contribution in [3.63, 3.8) is 0 Å². The minimum atomic E-state index is -4.36. The van der Waals surface area contributed by atoms with Crippen molar-refractivity contribution in [2.45, 2.75) is 81.4 Å². The van der Waals surface area contributed by atoms with Crippen LogP contribution >= 0.6 is 0 Å². The van der Waals surface area contributed by atoms with Crippen molar-refractivity contribution in [2.75, 3.05) is 18.5 Å². The number of halogens is 5. The third-order valence-electron chi connectivity index (χ3n) is 7.44. The number of carbonyl (C=O) groups is 2. The molecule has 0 bridgehead atoms. The first kappa shape index (κ1) is 34.1. The lowest BCUT2D eigenvalue weighted by atomic mass is 9.85. The third kappa shape index (κ3) is 6.75. The quantitative estimate of drug-likeness (QED) is 0.355. The van der Waals surface area contributed by atoms with Crippen LogP contribution in [0.1, 0.15) is 64.0 Å². The Morgan fingerprint density at radius 3 is 2.40 bits per heavy atom. The molecule has 4 rings (SSSR count). The van der Waals surface area contributed by atoms with Crippen LogP contribution in [0.15, 0.2) is 45.9 Å². The van der Waals surface area contributed by atoms with Gasteiger partial charge in [-0.2, -0.15) is 8.78 Å². The molecule has 2 amide bonds. The van der Waals surface area contributed by atoms with E-state index in [0.29, 0.717) is 6.42 Å². The van der Waals surface area contributed by atoms with Crippen molar-refractivity contribution < 1.29 is 45.2 Å². The number of nitrogens with one attached hydrogen (secondary N) is 2. The first-order valence-corrected chi connectivity index (χ1v) is 15.5. The lowest BCUT2D eigenvalue weighted by Crippen LogP contribution is -2.60. The van der Waals surface area contributed by atoms with E-state index in [0.717, 1.165) is 24.4 Å². The van der Waals surface area contributed by atoms with E-state index in [1.807, 2.05) is 0 Å². The Labute approximate surface area is 257 Å². The normalized spacial score (nSPS) is 24.3. The third-order valence-corrected chi connectivity index (χ3v) is 11.1. The van der Waals surface area contributed by atoms with Crippen LogP contribution in [0.3, 0.4) is 0 Å². The highest BCUT2D eigenvalue weighted by atomic mass is 32.2. The molecule has 1 aromatic heterocycles. The largest absolute Gasteiger partial charge is 0.485 e. The molecular weight excluding hydrogens is 625 g/mol. The predicted molar refractivity (Wildman–Crippen MR) is 157 cm³/mol. The second-order valence-electron chi connectivity index (χ2n) is 12.3. The van der Waals surface area contributed by atoms with Gasteiger partial charge in [0.05, 0.1) is 21.2 Å². The molecular formula is C29H34F5N5O5S. The smallest absolute Gasteiger partial charge is 0.413 e. The lowest BCUT2D eigenvalue weighted by Gasteiger charge is -2.45. The lowest BCUT2D eigenvalue weighted by molar-refractivity contribution is -0.148. The summed E-state index contributed by atoms with van der Waals surface area (Å²) in [5.74, 6) is -6.08. The summed E-state index contributed by atoms with van der Waals surface area (Å²) in [6.07, 6.45) is -3.48. The van der Waals surface area contributed by atoms with Gasteiger partial charge in [-0.3, -0.25) is 15.1 Å². The number of pyridine rings is 1. The van der Waals surface area contributed by atoms with Gasteiger partial charge < -0.3 is 14.8 Å². The Balaban J connectivity index is 1.63. The second kappa shape index (κ2) is 11.8. The van der Waals surface area contributed by atoms with Gasteiger partial charge in [-0.05, 0) is 78.3 Å². The van der Waals surface area contributed by atoms with Crippen molar-refractivity contribution in [3.05, 3.63) is 53.6 Å². The number of hydrogen-bond acceptors (Lipinski definition) is 8. The Morgan fingerprint density at radius 2 is 1.80 bits per heavy atom. The fourth-order valence-corrected chi connectivity index (χ4v) is 8.27. The highest BCUT2D eigenvalue weighted by Gasteiger charge is 2.58. The van der Waals surface area contributed by atoms with Crippen LogP contribution in [0, 0.1) is 5.82 Å². The maximum atomic E-state index is 15.6. The molecule has 2 aliphatic heterocycles. The number of aromatic nitrogens is 1. The van der Waals surface area contributed by atoms with E-state index in [2.05, 4.69) is 24.7 Å². The number of benzene rings is 1. The van der Waals surface area contributed by atoms with Crippen LogP contribution < -0.4 is 15.4 Å². The van der Waals surface area contributed by atoms with E-state index in [1.165, 1.54) is 12.1 Å². The van der Waals surface area contributed by atoms with Crippen LogP contribution in [0.4, 0.5) is 32.4 Å². The van der Waals surface area contributed by atoms with Crippen LogP contribution in [0.5, 0.6) is 5.75 Å². The number of aliphatic imine (C=N–C) groups is 1.